The molecule has 0 aliphatic rings. The summed E-state index contributed by atoms with van der Waals surface area (Å²) in [4.78, 5) is 17.9. The molecule has 0 N–H and O–H groups in total. The van der Waals surface area contributed by atoms with E-state index in [2.05, 4.69) is 0 Å². The molecule has 3 rings (SSSR count). The Balaban J connectivity index is 0.00000109. The van der Waals surface area contributed by atoms with E-state index in [9.17, 15) is 4.79 Å². The average molecular weight is 357 g/mol. The van der Waals surface area contributed by atoms with Gasteiger partial charge in [-0.05, 0) is 49.6 Å². The minimum Gasteiger partial charge on any atom is -0.268 e. The van der Waals surface area contributed by atoms with Crippen molar-refractivity contribution in [3.05, 3.63) is 68.2 Å². The Morgan fingerprint density at radius 3 is 2.20 bits per heavy atom. The first kappa shape index (κ1) is 19.2. The van der Waals surface area contributed by atoms with E-state index >= 15 is 0 Å². The molecule has 0 unspecified atom stereocenters. The summed E-state index contributed by atoms with van der Waals surface area (Å²) < 4.78 is 1.75. The maximum atomic E-state index is 13.2. The fourth-order valence-electron chi connectivity index (χ4n) is 2.99. The van der Waals surface area contributed by atoms with Crippen LogP contribution in [-0.4, -0.2) is 9.55 Å². The number of hydrogen-bond acceptors (Lipinski definition) is 2. The van der Waals surface area contributed by atoms with Crippen LogP contribution < -0.4 is 5.56 Å². The molecular formula is C21H25ClN2O. The van der Waals surface area contributed by atoms with Crippen LogP contribution in [0.2, 0.25) is 5.02 Å². The van der Waals surface area contributed by atoms with E-state index in [0.717, 1.165) is 28.2 Å². The average Bonchev–Trinajstić information content (AvgIpc) is 2.60. The molecular weight excluding hydrogens is 332 g/mol. The fraction of sp³-hybridized carbons (Fsp3) is 0.333. The van der Waals surface area contributed by atoms with Crippen molar-refractivity contribution >= 4 is 22.5 Å². The van der Waals surface area contributed by atoms with Crippen molar-refractivity contribution in [2.45, 2.75) is 48.0 Å². The molecule has 0 radical (unpaired) electrons. The monoisotopic (exact) mass is 356 g/mol. The van der Waals surface area contributed by atoms with Gasteiger partial charge in [-0.25, -0.2) is 4.98 Å². The van der Waals surface area contributed by atoms with E-state index in [1.54, 1.807) is 10.6 Å². The third-order valence-electron chi connectivity index (χ3n) is 4.20. The van der Waals surface area contributed by atoms with E-state index in [4.69, 9.17) is 16.6 Å². The van der Waals surface area contributed by atoms with E-state index in [-0.39, 0.29) is 5.56 Å². The summed E-state index contributed by atoms with van der Waals surface area (Å²) in [6.07, 6.45) is 0.671. The second-order valence-electron chi connectivity index (χ2n) is 5.88. The number of aromatic nitrogens is 2. The van der Waals surface area contributed by atoms with Crippen LogP contribution in [0.4, 0.5) is 0 Å². The van der Waals surface area contributed by atoms with Gasteiger partial charge in [0.05, 0.1) is 16.6 Å². The zero-order valence-electron chi connectivity index (χ0n) is 15.8. The number of aryl methyl sites for hydroxylation is 4. The molecule has 0 saturated carbocycles. The molecule has 0 aliphatic heterocycles. The lowest BCUT2D eigenvalue weighted by atomic mass is 10.1. The second-order valence-corrected chi connectivity index (χ2v) is 6.29. The summed E-state index contributed by atoms with van der Waals surface area (Å²) in [5, 5.41) is 1.24. The Hall–Kier alpha value is -2.13. The Morgan fingerprint density at radius 1 is 1.04 bits per heavy atom. The molecule has 3 aromatic rings. The molecule has 1 heterocycles. The molecule has 1 aromatic heterocycles. The van der Waals surface area contributed by atoms with Crippen molar-refractivity contribution in [2.75, 3.05) is 0 Å². The molecule has 3 nitrogen and oxygen atoms in total. The van der Waals surface area contributed by atoms with Gasteiger partial charge >= 0.3 is 0 Å². The minimum absolute atomic E-state index is 0.0379. The molecule has 132 valence electrons. The highest BCUT2D eigenvalue weighted by Gasteiger charge is 2.15. The number of nitrogens with zero attached hydrogens (tertiary/aromatic N) is 2. The third kappa shape index (κ3) is 3.47. The molecule has 0 fully saturated rings. The fourth-order valence-corrected chi connectivity index (χ4v) is 3.15. The second kappa shape index (κ2) is 7.83. The Bertz CT molecular complexity index is 954. The number of halogens is 1. The predicted molar refractivity (Wildman–Crippen MR) is 107 cm³/mol. The van der Waals surface area contributed by atoms with Crippen LogP contribution in [0.25, 0.3) is 16.6 Å². The van der Waals surface area contributed by atoms with Gasteiger partial charge < -0.3 is 0 Å². The molecule has 0 saturated heterocycles. The van der Waals surface area contributed by atoms with E-state index < -0.39 is 0 Å². The maximum Gasteiger partial charge on any atom is 0.265 e. The van der Waals surface area contributed by atoms with Crippen LogP contribution in [0.5, 0.6) is 0 Å². The van der Waals surface area contributed by atoms with Gasteiger partial charge in [0.15, 0.2) is 0 Å². The summed E-state index contributed by atoms with van der Waals surface area (Å²) in [5.41, 5.74) is 4.56. The van der Waals surface area contributed by atoms with Gasteiger partial charge in [0.25, 0.3) is 5.56 Å². The van der Waals surface area contributed by atoms with Crippen molar-refractivity contribution in [3.63, 3.8) is 0 Å². The summed E-state index contributed by atoms with van der Waals surface area (Å²) in [6, 6.07) is 9.65. The summed E-state index contributed by atoms with van der Waals surface area (Å²) in [5.74, 6) is 0.750. The first-order chi connectivity index (χ1) is 11.9. The first-order valence-corrected chi connectivity index (χ1v) is 9.10. The van der Waals surface area contributed by atoms with Crippen LogP contribution in [0, 0.1) is 20.8 Å². The highest BCUT2D eigenvalue weighted by Crippen LogP contribution is 2.23. The van der Waals surface area contributed by atoms with Gasteiger partial charge in [-0.15, -0.1) is 0 Å². The quantitative estimate of drug-likeness (QED) is 0.603. The van der Waals surface area contributed by atoms with E-state index in [0.29, 0.717) is 22.3 Å². The minimum atomic E-state index is -0.0379. The Labute approximate surface area is 154 Å². The molecule has 25 heavy (non-hydrogen) atoms. The number of fused-ring (bicyclic) bond motifs is 1. The number of benzene rings is 2. The van der Waals surface area contributed by atoms with Crippen LogP contribution in [0.1, 0.15) is 43.3 Å². The van der Waals surface area contributed by atoms with Crippen LogP contribution in [0.3, 0.4) is 0 Å². The van der Waals surface area contributed by atoms with Crippen molar-refractivity contribution < 1.29 is 0 Å². The maximum absolute atomic E-state index is 13.2. The Morgan fingerprint density at radius 2 is 1.64 bits per heavy atom. The smallest absolute Gasteiger partial charge is 0.265 e. The normalized spacial score (nSPS) is 10.5. The highest BCUT2D eigenvalue weighted by atomic mass is 35.5. The number of para-hydroxylation sites is 1. The van der Waals surface area contributed by atoms with Gasteiger partial charge in [0, 0.05) is 11.4 Å². The van der Waals surface area contributed by atoms with E-state index in [1.165, 1.54) is 0 Å². The lowest BCUT2D eigenvalue weighted by molar-refractivity contribution is 0.824. The predicted octanol–water partition coefficient (Wildman–Crippen LogP) is 5.55. The molecule has 0 atom stereocenters. The topological polar surface area (TPSA) is 34.9 Å². The number of rotatable bonds is 2. The van der Waals surface area contributed by atoms with Crippen molar-refractivity contribution in [1.82, 2.24) is 9.55 Å². The van der Waals surface area contributed by atoms with Crippen LogP contribution >= 0.6 is 11.6 Å². The van der Waals surface area contributed by atoms with Crippen molar-refractivity contribution in [3.8, 4) is 5.69 Å². The van der Waals surface area contributed by atoms with Gasteiger partial charge in [-0.2, -0.15) is 0 Å². The van der Waals surface area contributed by atoms with Gasteiger partial charge in [-0.1, -0.05) is 50.6 Å². The lowest BCUT2D eigenvalue weighted by Gasteiger charge is -2.17. The van der Waals surface area contributed by atoms with Crippen molar-refractivity contribution in [2.24, 2.45) is 0 Å². The van der Waals surface area contributed by atoms with Gasteiger partial charge in [0.1, 0.15) is 5.82 Å². The largest absolute Gasteiger partial charge is 0.268 e. The number of hydrogen-bond donors (Lipinski definition) is 0. The summed E-state index contributed by atoms with van der Waals surface area (Å²) >= 11 is 6.19. The van der Waals surface area contributed by atoms with Crippen molar-refractivity contribution in [1.29, 1.82) is 0 Å². The van der Waals surface area contributed by atoms with E-state index in [1.807, 2.05) is 65.8 Å². The van der Waals surface area contributed by atoms with Gasteiger partial charge in [-0.3, -0.25) is 9.36 Å². The Kier molecular flexibility index (Phi) is 6.02. The SMILES string of the molecule is CC.CCc1nc2cc(Cl)c(C)cc2c(=O)n1-c1c(C)cccc1C. The first-order valence-electron chi connectivity index (χ1n) is 8.72. The highest BCUT2D eigenvalue weighted by molar-refractivity contribution is 6.32. The van der Waals surface area contributed by atoms with Gasteiger partial charge in [0.2, 0.25) is 0 Å². The lowest BCUT2D eigenvalue weighted by Crippen LogP contribution is -2.25. The molecule has 2 aromatic carbocycles. The molecule has 0 amide bonds. The molecule has 0 bridgehead atoms. The molecule has 0 aliphatic carbocycles. The van der Waals surface area contributed by atoms with Crippen LogP contribution in [-0.2, 0) is 6.42 Å². The molecule has 4 heteroatoms. The zero-order valence-corrected chi connectivity index (χ0v) is 16.5. The van der Waals surface area contributed by atoms with Crippen LogP contribution in [0.15, 0.2) is 35.1 Å². The zero-order chi connectivity index (χ0) is 18.7. The summed E-state index contributed by atoms with van der Waals surface area (Å²) in [6.45, 7) is 11.9. The standard InChI is InChI=1S/C19H19ClN2O.C2H6/c1-5-17-21-16-10-15(20)13(4)9-14(16)19(23)22(17)18-11(2)7-6-8-12(18)3;1-2/h6-10H,5H2,1-4H3;1-2H3. The molecule has 0 spiro atoms. The third-order valence-corrected chi connectivity index (χ3v) is 4.60. The summed E-state index contributed by atoms with van der Waals surface area (Å²) in [7, 11) is 0.